The highest BCUT2D eigenvalue weighted by Crippen LogP contribution is 2.43. The van der Waals surface area contributed by atoms with Gasteiger partial charge in [0.1, 0.15) is 0 Å². The maximum absolute atomic E-state index is 13.0. The van der Waals surface area contributed by atoms with Crippen LogP contribution >= 0.6 is 0 Å². The number of hydrogen-bond donors (Lipinski definition) is 2. The summed E-state index contributed by atoms with van der Waals surface area (Å²) in [6.07, 6.45) is -9.35. The van der Waals surface area contributed by atoms with Crippen molar-refractivity contribution in [3.8, 4) is 23.1 Å². The third-order valence-electron chi connectivity index (χ3n) is 7.42. The van der Waals surface area contributed by atoms with Gasteiger partial charge in [-0.05, 0) is 72.6 Å². The molecule has 4 nitrogen and oxygen atoms in total. The van der Waals surface area contributed by atoms with Gasteiger partial charge in [-0.1, -0.05) is 56.2 Å². The highest BCUT2D eigenvalue weighted by molar-refractivity contribution is 5.71. The van der Waals surface area contributed by atoms with E-state index in [9.17, 15) is 36.2 Å². The maximum Gasteiger partial charge on any atom is 0.438 e. The topological polar surface area (TPSA) is 70.4 Å². The number of benzene rings is 2. The largest absolute Gasteiger partial charge is 0.481 e. The molecule has 0 fully saturated rings. The third-order valence-corrected chi connectivity index (χ3v) is 7.42. The summed E-state index contributed by atoms with van der Waals surface area (Å²) in [6.45, 7) is 7.45. The monoisotopic (exact) mass is 577 g/mol. The van der Waals surface area contributed by atoms with Crippen molar-refractivity contribution < 1.29 is 41.4 Å². The molecule has 0 amide bonds. The number of halogens is 6. The van der Waals surface area contributed by atoms with Crippen LogP contribution in [0.3, 0.4) is 0 Å². The van der Waals surface area contributed by atoms with Crippen LogP contribution in [-0.4, -0.2) is 39.1 Å². The molecule has 2 N–H and O–H groups in total. The molecule has 2 aromatic carbocycles. The minimum atomic E-state index is -6.02. The molecule has 1 heterocycles. The van der Waals surface area contributed by atoms with Gasteiger partial charge in [0.25, 0.3) is 0 Å². The SMILES string of the molecule is CCC(CC)(c1ccc(C#CC(O)(C(F)(F)F)C(F)(F)F)c(C)c1)c1ccc(-c2ccc(CC(=O)O)cn2)c(C)c1. The fraction of sp³-hybridized carbons (Fsp3) is 0.355. The number of aliphatic hydroxyl groups is 1. The van der Waals surface area contributed by atoms with E-state index in [1.54, 1.807) is 24.3 Å². The fourth-order valence-corrected chi connectivity index (χ4v) is 4.91. The van der Waals surface area contributed by atoms with Crippen LogP contribution in [0.25, 0.3) is 11.3 Å². The maximum atomic E-state index is 13.0. The first-order valence-corrected chi connectivity index (χ1v) is 12.8. The summed E-state index contributed by atoms with van der Waals surface area (Å²) in [6, 6.07) is 14.1. The molecule has 218 valence electrons. The van der Waals surface area contributed by atoms with Crippen molar-refractivity contribution in [3.05, 3.63) is 88.1 Å². The lowest BCUT2D eigenvalue weighted by molar-refractivity contribution is -0.343. The van der Waals surface area contributed by atoms with E-state index in [-0.39, 0.29) is 12.0 Å². The molecule has 0 atom stereocenters. The highest BCUT2D eigenvalue weighted by atomic mass is 19.4. The lowest BCUT2D eigenvalue weighted by atomic mass is 9.69. The molecule has 0 saturated heterocycles. The van der Waals surface area contributed by atoms with Crippen LogP contribution in [0.4, 0.5) is 26.3 Å². The predicted octanol–water partition coefficient (Wildman–Crippen LogP) is 7.31. The van der Waals surface area contributed by atoms with E-state index >= 15 is 0 Å². The summed E-state index contributed by atoms with van der Waals surface area (Å²) in [4.78, 5) is 15.3. The third kappa shape index (κ3) is 6.25. The molecular weight excluding hydrogens is 548 g/mol. The Kier molecular flexibility index (Phi) is 8.94. The van der Waals surface area contributed by atoms with Gasteiger partial charge >= 0.3 is 23.9 Å². The van der Waals surface area contributed by atoms with Crippen LogP contribution < -0.4 is 0 Å². The number of aliphatic carboxylic acids is 1. The second-order valence-corrected chi connectivity index (χ2v) is 9.93. The number of nitrogens with zero attached hydrogens (tertiary/aromatic N) is 1. The van der Waals surface area contributed by atoms with E-state index in [2.05, 4.69) is 4.98 Å². The Morgan fingerprint density at radius 1 is 0.854 bits per heavy atom. The van der Waals surface area contributed by atoms with Crippen molar-refractivity contribution in [1.29, 1.82) is 0 Å². The fourth-order valence-electron chi connectivity index (χ4n) is 4.91. The van der Waals surface area contributed by atoms with Crippen molar-refractivity contribution in [2.45, 2.75) is 70.3 Å². The number of rotatable bonds is 7. The Balaban J connectivity index is 2.01. The molecule has 1 aromatic heterocycles. The van der Waals surface area contributed by atoms with E-state index in [1.165, 1.54) is 19.2 Å². The first kappa shape index (κ1) is 31.7. The number of aromatic nitrogens is 1. The number of carbonyl (C=O) groups is 1. The van der Waals surface area contributed by atoms with Crippen LogP contribution in [0.15, 0.2) is 54.7 Å². The molecule has 0 aliphatic heterocycles. The van der Waals surface area contributed by atoms with E-state index in [0.29, 0.717) is 29.7 Å². The number of carboxylic acids is 1. The Morgan fingerprint density at radius 2 is 1.41 bits per heavy atom. The van der Waals surface area contributed by atoms with Gasteiger partial charge in [0.05, 0.1) is 12.1 Å². The van der Waals surface area contributed by atoms with Crippen molar-refractivity contribution >= 4 is 5.97 Å². The van der Waals surface area contributed by atoms with Gasteiger partial charge in [0.15, 0.2) is 0 Å². The van der Waals surface area contributed by atoms with Crippen LogP contribution in [-0.2, 0) is 16.6 Å². The van der Waals surface area contributed by atoms with Gasteiger partial charge in [-0.25, -0.2) is 0 Å². The Hall–Kier alpha value is -3.84. The minimum absolute atomic E-state index is 0.0641. The van der Waals surface area contributed by atoms with Gasteiger partial charge < -0.3 is 10.2 Å². The van der Waals surface area contributed by atoms with Gasteiger partial charge in [0.2, 0.25) is 0 Å². The van der Waals surface area contributed by atoms with E-state index in [0.717, 1.165) is 28.2 Å². The minimum Gasteiger partial charge on any atom is -0.481 e. The summed E-state index contributed by atoms with van der Waals surface area (Å²) in [7, 11) is 0. The molecule has 0 aliphatic carbocycles. The summed E-state index contributed by atoms with van der Waals surface area (Å²) < 4.78 is 78.2. The van der Waals surface area contributed by atoms with Crippen molar-refractivity contribution in [2.75, 3.05) is 0 Å². The zero-order valence-corrected chi connectivity index (χ0v) is 22.8. The summed E-state index contributed by atoms with van der Waals surface area (Å²) >= 11 is 0. The second kappa shape index (κ2) is 11.6. The average molecular weight is 578 g/mol. The van der Waals surface area contributed by atoms with E-state index in [4.69, 9.17) is 5.11 Å². The van der Waals surface area contributed by atoms with Crippen molar-refractivity contribution in [2.24, 2.45) is 0 Å². The number of carboxylic acid groups (broad SMARTS) is 1. The number of alkyl halides is 6. The normalized spacial score (nSPS) is 12.6. The lowest BCUT2D eigenvalue weighted by Crippen LogP contribution is -2.55. The van der Waals surface area contributed by atoms with E-state index in [1.807, 2.05) is 44.9 Å². The predicted molar refractivity (Wildman–Crippen MR) is 142 cm³/mol. The molecule has 3 aromatic rings. The molecule has 3 rings (SSSR count). The van der Waals surface area contributed by atoms with Gasteiger partial charge in [0, 0.05) is 22.7 Å². The molecule has 0 radical (unpaired) electrons. The molecule has 10 heteroatoms. The summed E-state index contributed by atoms with van der Waals surface area (Å²) in [5, 5.41) is 18.3. The highest BCUT2D eigenvalue weighted by Gasteiger charge is 2.70. The molecule has 0 bridgehead atoms. The van der Waals surface area contributed by atoms with Crippen LogP contribution in [0.5, 0.6) is 0 Å². The Morgan fingerprint density at radius 3 is 1.85 bits per heavy atom. The molecule has 0 aliphatic rings. The van der Waals surface area contributed by atoms with Crippen molar-refractivity contribution in [1.82, 2.24) is 4.98 Å². The quantitative estimate of drug-likeness (QED) is 0.228. The molecule has 0 unspecified atom stereocenters. The second-order valence-electron chi connectivity index (χ2n) is 9.93. The van der Waals surface area contributed by atoms with Gasteiger partial charge in [-0.15, -0.1) is 0 Å². The smallest absolute Gasteiger partial charge is 0.438 e. The molecular formula is C31H29F6NO3. The van der Waals surface area contributed by atoms with Crippen LogP contribution in [0.2, 0.25) is 0 Å². The van der Waals surface area contributed by atoms with Gasteiger partial charge in [-0.2, -0.15) is 26.3 Å². The molecule has 0 saturated carbocycles. The summed E-state index contributed by atoms with van der Waals surface area (Å²) in [5.74, 6) is 1.96. The van der Waals surface area contributed by atoms with Crippen molar-refractivity contribution in [3.63, 3.8) is 0 Å². The first-order chi connectivity index (χ1) is 19.0. The average Bonchev–Trinajstić information content (AvgIpc) is 2.88. The number of pyridine rings is 1. The molecule has 0 spiro atoms. The molecule has 41 heavy (non-hydrogen) atoms. The Bertz CT molecular complexity index is 1460. The van der Waals surface area contributed by atoms with Gasteiger partial charge in [-0.3, -0.25) is 9.78 Å². The summed E-state index contributed by atoms with van der Waals surface area (Å²) in [5.41, 5.74) is -0.536. The standard InChI is InChI=1S/C31H29F6NO3/c1-5-28(6-2,24-10-11-25(20(4)16-24)26-12-7-21(18-38-26)17-27(39)40)23-9-8-22(19(3)15-23)13-14-29(41,30(32,33)34)31(35,36)37/h7-12,15-16,18,41H,5-6,17H2,1-4H3,(H,39,40). The Labute approximate surface area is 234 Å². The number of aryl methyl sites for hydroxylation is 2. The lowest BCUT2D eigenvalue weighted by Gasteiger charge is -2.34. The van der Waals surface area contributed by atoms with Crippen LogP contribution in [0.1, 0.15) is 60.1 Å². The first-order valence-electron chi connectivity index (χ1n) is 12.8. The zero-order valence-electron chi connectivity index (χ0n) is 22.8. The zero-order chi connectivity index (χ0) is 30.8. The van der Waals surface area contributed by atoms with Crippen LogP contribution in [0, 0.1) is 25.7 Å². The van der Waals surface area contributed by atoms with E-state index < -0.39 is 29.3 Å². The number of hydrogen-bond acceptors (Lipinski definition) is 3.